The van der Waals surface area contributed by atoms with Gasteiger partial charge in [0.05, 0.1) is 26.2 Å². The minimum absolute atomic E-state index is 0.0204. The van der Waals surface area contributed by atoms with Crippen molar-refractivity contribution in [3.05, 3.63) is 153 Å². The fourth-order valence-electron chi connectivity index (χ4n) is 5.39. The van der Waals surface area contributed by atoms with Crippen LogP contribution in [-0.2, 0) is 16.6 Å². The first-order valence-electron chi connectivity index (χ1n) is 14.0. The summed E-state index contributed by atoms with van der Waals surface area (Å²) in [6, 6.07) is 34.6. The zero-order valence-electron chi connectivity index (χ0n) is 24.0. The average molecular weight is 643 g/mol. The maximum atomic E-state index is 14.6. The minimum Gasteiger partial charge on any atom is -0.342 e. The normalized spacial score (nSPS) is 14.8. The van der Waals surface area contributed by atoms with Crippen molar-refractivity contribution in [2.75, 3.05) is 14.5 Å². The number of carbonyl (C=O) groups excluding carboxylic acids is 1. The first-order chi connectivity index (χ1) is 21.1. The highest BCUT2D eigenvalue weighted by Gasteiger charge is 2.41. The van der Waals surface area contributed by atoms with E-state index >= 15 is 0 Å². The first-order valence-corrected chi connectivity index (χ1v) is 16.2. The molecule has 44 heavy (non-hydrogen) atoms. The zero-order valence-corrected chi connectivity index (χ0v) is 26.4. The number of nitrogens with zero attached hydrogens (tertiary/aromatic N) is 2. The van der Waals surface area contributed by atoms with E-state index in [9.17, 15) is 13.2 Å². The summed E-state index contributed by atoms with van der Waals surface area (Å²) < 4.78 is 29.7. The maximum absolute atomic E-state index is 14.6. The lowest BCUT2D eigenvalue weighted by Crippen LogP contribution is -2.49. The summed E-state index contributed by atoms with van der Waals surface area (Å²) in [7, 11) is -4.00. The van der Waals surface area contributed by atoms with Crippen LogP contribution in [0.4, 0.5) is 17.1 Å². The fourth-order valence-corrected chi connectivity index (χ4v) is 6.88. The van der Waals surface area contributed by atoms with Crippen molar-refractivity contribution >= 4 is 56.2 Å². The molecule has 1 amide bonds. The van der Waals surface area contributed by atoms with Crippen molar-refractivity contribution in [3.8, 4) is 0 Å². The number of aryl methyl sites for hydroxylation is 2. The van der Waals surface area contributed by atoms with Crippen molar-refractivity contribution in [2.24, 2.45) is 0 Å². The SMILES string of the molecule is Cc1ccc(NS(=O)(=O)c2ccc3c(c2)C(=O)N(c2ccc(C)cc2)[C@@H](c2cccc(Cl)c2Cl)N3Cc2ccccc2)cc1. The molecule has 9 heteroatoms. The van der Waals surface area contributed by atoms with Crippen molar-refractivity contribution in [1.29, 1.82) is 0 Å². The molecule has 0 spiro atoms. The van der Waals surface area contributed by atoms with Crippen LogP contribution >= 0.6 is 23.2 Å². The van der Waals surface area contributed by atoms with Gasteiger partial charge >= 0.3 is 0 Å². The van der Waals surface area contributed by atoms with E-state index < -0.39 is 16.2 Å². The van der Waals surface area contributed by atoms with Gasteiger partial charge in [0.1, 0.15) is 6.17 Å². The summed E-state index contributed by atoms with van der Waals surface area (Å²) in [6.45, 7) is 4.31. The Kier molecular flexibility index (Phi) is 8.12. The van der Waals surface area contributed by atoms with Crippen LogP contribution in [0.5, 0.6) is 0 Å². The van der Waals surface area contributed by atoms with E-state index in [2.05, 4.69) is 9.62 Å². The zero-order chi connectivity index (χ0) is 31.0. The van der Waals surface area contributed by atoms with Gasteiger partial charge in [-0.2, -0.15) is 0 Å². The third-order valence-corrected chi connectivity index (χ3v) is 9.86. The number of halogens is 2. The minimum atomic E-state index is -4.00. The Balaban J connectivity index is 1.54. The summed E-state index contributed by atoms with van der Waals surface area (Å²) in [5.41, 5.74) is 5.59. The standard InChI is InChI=1S/C35H29Cl2N3O3S/c1-23-11-15-26(16-12-23)38-44(42,43)28-19-20-32-30(21-28)35(41)40(27-17-13-24(2)14-18-27)34(29-9-6-10-31(36)33(29)37)39(32)22-25-7-4-3-5-8-25/h3-21,34,38H,22H2,1-2H3/t34-/m0/s1. The summed E-state index contributed by atoms with van der Waals surface area (Å²) in [6.07, 6.45) is -0.683. The van der Waals surface area contributed by atoms with Gasteiger partial charge in [-0.1, -0.05) is 101 Å². The largest absolute Gasteiger partial charge is 0.342 e. The molecule has 0 aromatic heterocycles. The Labute approximate surface area is 267 Å². The average Bonchev–Trinajstić information content (AvgIpc) is 3.02. The molecule has 5 aromatic carbocycles. The van der Waals surface area contributed by atoms with E-state index in [4.69, 9.17) is 23.2 Å². The van der Waals surface area contributed by atoms with Gasteiger partial charge in [0, 0.05) is 23.5 Å². The molecule has 1 aliphatic heterocycles. The van der Waals surface area contributed by atoms with Crippen LogP contribution in [-0.4, -0.2) is 14.3 Å². The Morgan fingerprint density at radius 3 is 2.11 bits per heavy atom. The van der Waals surface area contributed by atoms with E-state index in [1.54, 1.807) is 29.2 Å². The number of anilines is 3. The second-order valence-electron chi connectivity index (χ2n) is 10.8. The topological polar surface area (TPSA) is 69.7 Å². The van der Waals surface area contributed by atoms with Crippen molar-refractivity contribution in [3.63, 3.8) is 0 Å². The number of nitrogens with one attached hydrogen (secondary N) is 1. The Morgan fingerprint density at radius 2 is 1.43 bits per heavy atom. The third-order valence-electron chi connectivity index (χ3n) is 7.65. The van der Waals surface area contributed by atoms with Crippen molar-refractivity contribution < 1.29 is 13.2 Å². The highest BCUT2D eigenvalue weighted by molar-refractivity contribution is 7.92. The van der Waals surface area contributed by atoms with E-state index in [-0.39, 0.29) is 16.4 Å². The number of hydrogen-bond donors (Lipinski definition) is 1. The van der Waals surface area contributed by atoms with Crippen molar-refractivity contribution in [2.45, 2.75) is 31.5 Å². The van der Waals surface area contributed by atoms with E-state index in [0.29, 0.717) is 39.2 Å². The predicted octanol–water partition coefficient (Wildman–Crippen LogP) is 8.78. The number of amides is 1. The highest BCUT2D eigenvalue weighted by atomic mass is 35.5. The van der Waals surface area contributed by atoms with Gasteiger partial charge < -0.3 is 4.90 Å². The van der Waals surface area contributed by atoms with Crippen LogP contribution in [0.15, 0.2) is 120 Å². The quantitative estimate of drug-likeness (QED) is 0.193. The van der Waals surface area contributed by atoms with Crippen LogP contribution in [0, 0.1) is 13.8 Å². The molecule has 1 N–H and O–H groups in total. The molecule has 222 valence electrons. The molecular formula is C35H29Cl2N3O3S. The second kappa shape index (κ2) is 12.0. The highest BCUT2D eigenvalue weighted by Crippen LogP contribution is 2.45. The Morgan fingerprint density at radius 1 is 0.773 bits per heavy atom. The molecule has 6 nitrogen and oxygen atoms in total. The van der Waals surface area contributed by atoms with Gasteiger partial charge in [0.15, 0.2) is 0 Å². The van der Waals surface area contributed by atoms with Gasteiger partial charge in [0.25, 0.3) is 15.9 Å². The lowest BCUT2D eigenvalue weighted by Gasteiger charge is -2.46. The van der Waals surface area contributed by atoms with Crippen LogP contribution in [0.1, 0.15) is 38.8 Å². The van der Waals surface area contributed by atoms with Crippen LogP contribution in [0.2, 0.25) is 10.0 Å². The molecule has 0 aliphatic carbocycles. The number of hydrogen-bond acceptors (Lipinski definition) is 4. The predicted molar refractivity (Wildman–Crippen MR) is 178 cm³/mol. The molecule has 0 saturated heterocycles. The molecule has 0 fully saturated rings. The monoisotopic (exact) mass is 641 g/mol. The third kappa shape index (κ3) is 5.78. The van der Waals surface area contributed by atoms with E-state index in [1.807, 2.05) is 92.7 Å². The van der Waals surface area contributed by atoms with Gasteiger partial charge in [-0.15, -0.1) is 0 Å². The molecule has 6 rings (SSSR count). The van der Waals surface area contributed by atoms with Gasteiger partial charge in [-0.3, -0.25) is 14.4 Å². The first kappa shape index (κ1) is 29.8. The summed E-state index contributed by atoms with van der Waals surface area (Å²) >= 11 is 13.3. The Hall–Kier alpha value is -4.30. The molecular weight excluding hydrogens is 613 g/mol. The number of rotatable bonds is 7. The molecule has 1 aliphatic rings. The lowest BCUT2D eigenvalue weighted by atomic mass is 9.98. The van der Waals surface area contributed by atoms with Crippen LogP contribution < -0.4 is 14.5 Å². The van der Waals surface area contributed by atoms with E-state index in [0.717, 1.165) is 16.7 Å². The van der Waals surface area contributed by atoms with Crippen molar-refractivity contribution in [1.82, 2.24) is 0 Å². The molecule has 0 radical (unpaired) electrons. The molecule has 0 unspecified atom stereocenters. The molecule has 1 atom stereocenters. The lowest BCUT2D eigenvalue weighted by molar-refractivity contribution is 0.0968. The molecule has 1 heterocycles. The van der Waals surface area contributed by atoms with E-state index in [1.165, 1.54) is 12.1 Å². The molecule has 0 saturated carbocycles. The summed E-state index contributed by atoms with van der Waals surface area (Å²) in [5.74, 6) is -0.360. The number of sulfonamides is 1. The molecule has 0 bridgehead atoms. The number of carbonyl (C=O) groups is 1. The van der Waals surface area contributed by atoms with Gasteiger partial charge in [-0.05, 0) is 67.9 Å². The van der Waals surface area contributed by atoms with Crippen LogP contribution in [0.3, 0.4) is 0 Å². The smallest absolute Gasteiger partial charge is 0.262 e. The van der Waals surface area contributed by atoms with Gasteiger partial charge in [0.2, 0.25) is 0 Å². The Bertz CT molecular complexity index is 1950. The number of fused-ring (bicyclic) bond motifs is 1. The summed E-state index contributed by atoms with van der Waals surface area (Å²) in [5, 5.41) is 0.710. The summed E-state index contributed by atoms with van der Waals surface area (Å²) in [4.78, 5) is 18.3. The van der Waals surface area contributed by atoms with Crippen LogP contribution in [0.25, 0.3) is 0 Å². The second-order valence-corrected chi connectivity index (χ2v) is 13.3. The maximum Gasteiger partial charge on any atom is 0.262 e. The number of benzene rings is 5. The van der Waals surface area contributed by atoms with Gasteiger partial charge in [-0.25, -0.2) is 8.42 Å². The molecule has 5 aromatic rings. The fraction of sp³-hybridized carbons (Fsp3) is 0.114.